The van der Waals surface area contributed by atoms with Crippen molar-refractivity contribution in [1.82, 2.24) is 4.90 Å². The van der Waals surface area contributed by atoms with E-state index < -0.39 is 12.3 Å². The molecule has 0 saturated carbocycles. The Kier molecular flexibility index (Phi) is 3.00. The van der Waals surface area contributed by atoms with Crippen LogP contribution in [0.3, 0.4) is 0 Å². The lowest BCUT2D eigenvalue weighted by Crippen LogP contribution is -2.31. The Morgan fingerprint density at radius 1 is 1.69 bits per heavy atom. The van der Waals surface area contributed by atoms with Gasteiger partial charge in [0.2, 0.25) is 0 Å². The van der Waals surface area contributed by atoms with Gasteiger partial charge in [-0.1, -0.05) is 0 Å². The second-order valence-corrected chi connectivity index (χ2v) is 2.57. The van der Waals surface area contributed by atoms with Crippen LogP contribution in [0, 0.1) is 0 Å². The van der Waals surface area contributed by atoms with Gasteiger partial charge in [-0.2, -0.15) is 8.78 Å². The van der Waals surface area contributed by atoms with Crippen LogP contribution < -0.4 is 0 Å². The van der Waals surface area contributed by atoms with Gasteiger partial charge >= 0.3 is 6.43 Å². The van der Waals surface area contributed by atoms with Gasteiger partial charge in [-0.05, 0) is 12.1 Å². The van der Waals surface area contributed by atoms with Gasteiger partial charge < -0.3 is 9.32 Å². The van der Waals surface area contributed by atoms with E-state index in [0.29, 0.717) is 5.76 Å². The van der Waals surface area contributed by atoms with Crippen LogP contribution in [0.15, 0.2) is 22.8 Å². The molecule has 0 aliphatic rings. The van der Waals surface area contributed by atoms with Crippen LogP contribution in [-0.4, -0.2) is 24.3 Å². The van der Waals surface area contributed by atoms with Gasteiger partial charge in [-0.25, -0.2) is 0 Å². The number of nitrogens with zero attached hydrogens (tertiary/aromatic N) is 1. The van der Waals surface area contributed by atoms with E-state index in [-0.39, 0.29) is 6.54 Å². The maximum Gasteiger partial charge on any atom is 0.315 e. The fraction of sp³-hybridized carbons (Fsp3) is 0.375. The third-order valence-electron chi connectivity index (χ3n) is 1.54. The van der Waals surface area contributed by atoms with Crippen LogP contribution >= 0.6 is 0 Å². The summed E-state index contributed by atoms with van der Waals surface area (Å²) in [6.07, 6.45) is -1.53. The van der Waals surface area contributed by atoms with Gasteiger partial charge in [0, 0.05) is 7.05 Å². The number of hydrogen-bond acceptors (Lipinski definition) is 2. The molecule has 0 aliphatic heterocycles. The van der Waals surface area contributed by atoms with E-state index >= 15 is 0 Å². The molecule has 1 aromatic heterocycles. The Bertz CT molecular complexity index is 272. The van der Waals surface area contributed by atoms with E-state index in [0.717, 1.165) is 4.90 Å². The average molecular weight is 189 g/mol. The molecule has 5 heteroatoms. The quantitative estimate of drug-likeness (QED) is 0.722. The number of carbonyl (C=O) groups excluding carboxylic acids is 1. The predicted molar refractivity (Wildman–Crippen MR) is 41.2 cm³/mol. The molecule has 0 spiro atoms. The molecule has 0 atom stereocenters. The molecule has 13 heavy (non-hydrogen) atoms. The minimum Gasteiger partial charge on any atom is -0.467 e. The first-order valence-corrected chi connectivity index (χ1v) is 3.67. The number of hydrogen-bond donors (Lipinski definition) is 0. The molecule has 0 fully saturated rings. The van der Waals surface area contributed by atoms with Crippen molar-refractivity contribution in [2.75, 3.05) is 7.05 Å². The number of halogens is 2. The molecule has 0 radical (unpaired) electrons. The lowest BCUT2D eigenvalue weighted by Gasteiger charge is -2.14. The Morgan fingerprint density at radius 3 is 2.85 bits per heavy atom. The van der Waals surface area contributed by atoms with Gasteiger partial charge in [0.1, 0.15) is 5.76 Å². The van der Waals surface area contributed by atoms with E-state index in [2.05, 4.69) is 0 Å². The summed E-state index contributed by atoms with van der Waals surface area (Å²) in [5, 5.41) is 0. The monoisotopic (exact) mass is 189 g/mol. The molecule has 0 unspecified atom stereocenters. The molecular formula is C8H9F2NO2. The van der Waals surface area contributed by atoms with Gasteiger partial charge in [0.25, 0.3) is 5.91 Å². The summed E-state index contributed by atoms with van der Waals surface area (Å²) in [7, 11) is 1.30. The normalized spacial score (nSPS) is 10.5. The largest absolute Gasteiger partial charge is 0.467 e. The highest BCUT2D eigenvalue weighted by Crippen LogP contribution is 2.06. The summed E-state index contributed by atoms with van der Waals surface area (Å²) < 4.78 is 28.7. The second kappa shape index (κ2) is 4.02. The maximum absolute atomic E-state index is 11.9. The van der Waals surface area contributed by atoms with Gasteiger partial charge in [0.15, 0.2) is 0 Å². The number of amides is 1. The Balaban J connectivity index is 2.51. The van der Waals surface area contributed by atoms with Crippen LogP contribution in [0.1, 0.15) is 5.76 Å². The SMILES string of the molecule is CN(Cc1ccco1)C(=O)C(F)F. The lowest BCUT2D eigenvalue weighted by atomic mass is 10.4. The molecule has 72 valence electrons. The fourth-order valence-corrected chi connectivity index (χ4v) is 0.881. The zero-order valence-electron chi connectivity index (χ0n) is 7.04. The Hall–Kier alpha value is -1.39. The summed E-state index contributed by atoms with van der Waals surface area (Å²) in [4.78, 5) is 11.6. The van der Waals surface area contributed by atoms with Crippen molar-refractivity contribution in [3.63, 3.8) is 0 Å². The molecule has 1 aromatic rings. The maximum atomic E-state index is 11.9. The fourth-order valence-electron chi connectivity index (χ4n) is 0.881. The van der Waals surface area contributed by atoms with E-state index in [1.807, 2.05) is 0 Å². The Morgan fingerprint density at radius 2 is 2.38 bits per heavy atom. The average Bonchev–Trinajstić information content (AvgIpc) is 2.55. The summed E-state index contributed by atoms with van der Waals surface area (Å²) in [6.45, 7) is 0.0656. The van der Waals surface area contributed by atoms with Crippen LogP contribution in [0.5, 0.6) is 0 Å². The zero-order valence-corrected chi connectivity index (χ0v) is 7.04. The van der Waals surface area contributed by atoms with Crippen molar-refractivity contribution >= 4 is 5.91 Å². The molecule has 0 aliphatic carbocycles. The first kappa shape index (κ1) is 9.70. The highest BCUT2D eigenvalue weighted by Gasteiger charge is 2.20. The molecule has 0 saturated heterocycles. The molecule has 3 nitrogen and oxygen atoms in total. The summed E-state index contributed by atoms with van der Waals surface area (Å²) >= 11 is 0. The highest BCUT2D eigenvalue weighted by molar-refractivity contribution is 5.78. The predicted octanol–water partition coefficient (Wildman–Crippen LogP) is 1.50. The Labute approximate surface area is 73.9 Å². The van der Waals surface area contributed by atoms with E-state index in [9.17, 15) is 13.6 Å². The third kappa shape index (κ3) is 2.54. The first-order valence-electron chi connectivity index (χ1n) is 3.67. The summed E-state index contributed by atoms with van der Waals surface area (Å²) in [6, 6.07) is 3.26. The lowest BCUT2D eigenvalue weighted by molar-refractivity contribution is -0.142. The first-order chi connectivity index (χ1) is 6.11. The van der Waals surface area contributed by atoms with Crippen LogP contribution in [0.4, 0.5) is 8.78 Å². The van der Waals surface area contributed by atoms with Gasteiger partial charge in [0.05, 0.1) is 12.8 Å². The minimum absolute atomic E-state index is 0.0656. The molecule has 1 heterocycles. The summed E-state index contributed by atoms with van der Waals surface area (Å²) in [5.41, 5.74) is 0. The smallest absolute Gasteiger partial charge is 0.315 e. The van der Waals surface area contributed by atoms with E-state index in [1.54, 1.807) is 12.1 Å². The number of rotatable bonds is 3. The highest BCUT2D eigenvalue weighted by atomic mass is 19.3. The van der Waals surface area contributed by atoms with Crippen LogP contribution in [0.2, 0.25) is 0 Å². The third-order valence-corrected chi connectivity index (χ3v) is 1.54. The molecule has 0 bridgehead atoms. The van der Waals surface area contributed by atoms with Gasteiger partial charge in [-0.15, -0.1) is 0 Å². The van der Waals surface area contributed by atoms with Crippen molar-refractivity contribution in [1.29, 1.82) is 0 Å². The number of alkyl halides is 2. The van der Waals surface area contributed by atoms with Crippen molar-refractivity contribution < 1.29 is 18.0 Å². The molecule has 0 N–H and O–H groups in total. The molecule has 0 aromatic carbocycles. The molecular weight excluding hydrogens is 180 g/mol. The molecule has 1 rings (SSSR count). The van der Waals surface area contributed by atoms with Crippen molar-refractivity contribution in [3.05, 3.63) is 24.2 Å². The van der Waals surface area contributed by atoms with E-state index in [1.165, 1.54) is 13.3 Å². The van der Waals surface area contributed by atoms with Crippen molar-refractivity contribution in [3.8, 4) is 0 Å². The van der Waals surface area contributed by atoms with Crippen LogP contribution in [-0.2, 0) is 11.3 Å². The van der Waals surface area contributed by atoms with E-state index in [4.69, 9.17) is 4.42 Å². The zero-order chi connectivity index (χ0) is 9.84. The topological polar surface area (TPSA) is 33.5 Å². The molecule has 1 amide bonds. The van der Waals surface area contributed by atoms with Crippen molar-refractivity contribution in [2.24, 2.45) is 0 Å². The number of furan rings is 1. The van der Waals surface area contributed by atoms with Crippen LogP contribution in [0.25, 0.3) is 0 Å². The number of carbonyl (C=O) groups is 1. The van der Waals surface area contributed by atoms with Crippen molar-refractivity contribution in [2.45, 2.75) is 13.0 Å². The summed E-state index contributed by atoms with van der Waals surface area (Å²) in [5.74, 6) is -0.715. The standard InChI is InChI=1S/C8H9F2NO2/c1-11(8(12)7(9)10)5-6-3-2-4-13-6/h2-4,7H,5H2,1H3. The van der Waals surface area contributed by atoms with Gasteiger partial charge in [-0.3, -0.25) is 4.79 Å². The minimum atomic E-state index is -2.96. The second-order valence-electron chi connectivity index (χ2n) is 2.57.